The fraction of sp³-hybridized carbons (Fsp3) is 0.333. The summed E-state index contributed by atoms with van der Waals surface area (Å²) < 4.78 is 27.6. The molecule has 0 bridgehead atoms. The molecule has 0 N–H and O–H groups in total. The third-order valence-corrected chi connectivity index (χ3v) is 5.14. The smallest absolute Gasteiger partial charge is 0.338 e. The van der Waals surface area contributed by atoms with Crippen molar-refractivity contribution in [3.8, 4) is 11.5 Å². The molecule has 2 heterocycles. The highest BCUT2D eigenvalue weighted by Crippen LogP contribution is 2.41. The first-order valence-corrected chi connectivity index (χ1v) is 10.3. The molecule has 0 unspecified atom stereocenters. The Balaban J connectivity index is 1.71. The van der Waals surface area contributed by atoms with Crippen LogP contribution in [0.5, 0.6) is 11.5 Å². The largest absolute Gasteiger partial charge is 0.488 e. The molecule has 0 amide bonds. The molecule has 2 aromatic carbocycles. The number of ether oxygens (including phenoxy) is 5. The molecule has 31 heavy (non-hydrogen) atoms. The predicted octanol–water partition coefficient (Wildman–Crippen LogP) is 3.51. The topological polar surface area (TPSA) is 80.3 Å². The zero-order chi connectivity index (χ0) is 21.8. The first kappa shape index (κ1) is 20.8. The minimum absolute atomic E-state index is 0.177. The lowest BCUT2D eigenvalue weighted by atomic mass is 9.90. The molecule has 2 atom stereocenters. The van der Waals surface area contributed by atoms with E-state index < -0.39 is 24.0 Å². The molecule has 0 saturated carbocycles. The molecule has 0 spiro atoms. The fourth-order valence-corrected chi connectivity index (χ4v) is 3.81. The first-order valence-electron chi connectivity index (χ1n) is 10.3. The molecule has 0 saturated heterocycles. The Morgan fingerprint density at radius 3 is 2.45 bits per heavy atom. The number of carbonyl (C=O) groups excluding carboxylic acids is 2. The Hall–Kier alpha value is -3.48. The van der Waals surface area contributed by atoms with Crippen molar-refractivity contribution in [1.82, 2.24) is 0 Å². The molecule has 7 nitrogen and oxygen atoms in total. The lowest BCUT2D eigenvalue weighted by molar-refractivity contribution is -0.151. The van der Waals surface area contributed by atoms with E-state index in [0.29, 0.717) is 29.2 Å². The third-order valence-electron chi connectivity index (χ3n) is 5.14. The highest BCUT2D eigenvalue weighted by atomic mass is 16.7. The van der Waals surface area contributed by atoms with Crippen LogP contribution in [0.4, 0.5) is 0 Å². The number of rotatable bonds is 7. The van der Waals surface area contributed by atoms with Crippen LogP contribution in [-0.4, -0.2) is 38.0 Å². The van der Waals surface area contributed by atoms with Gasteiger partial charge in [-0.1, -0.05) is 36.4 Å². The molecule has 0 fully saturated rings. The van der Waals surface area contributed by atoms with Crippen molar-refractivity contribution in [3.63, 3.8) is 0 Å². The number of hydrogen-bond acceptors (Lipinski definition) is 7. The molecule has 4 rings (SSSR count). The second-order valence-corrected chi connectivity index (χ2v) is 7.11. The van der Waals surface area contributed by atoms with Crippen LogP contribution in [0.15, 0.2) is 54.1 Å². The SMILES string of the molecule is CCOC(=O)C1=C(c2ccccc2)O[C@@H](Cc2ccc3c(c2)OCO3)[C@H]1C(=O)OCC. The van der Waals surface area contributed by atoms with Crippen LogP contribution in [0.25, 0.3) is 5.76 Å². The Labute approximate surface area is 180 Å². The average molecular weight is 424 g/mol. The van der Waals surface area contributed by atoms with Crippen LogP contribution in [0.1, 0.15) is 25.0 Å². The van der Waals surface area contributed by atoms with E-state index in [2.05, 4.69) is 0 Å². The van der Waals surface area contributed by atoms with Gasteiger partial charge in [0, 0.05) is 12.0 Å². The van der Waals surface area contributed by atoms with Crippen molar-refractivity contribution in [1.29, 1.82) is 0 Å². The van der Waals surface area contributed by atoms with Crippen LogP contribution in [0.3, 0.4) is 0 Å². The summed E-state index contributed by atoms with van der Waals surface area (Å²) in [7, 11) is 0. The van der Waals surface area contributed by atoms with Gasteiger partial charge in [0.2, 0.25) is 6.79 Å². The molecule has 0 aliphatic carbocycles. The third kappa shape index (κ3) is 4.21. The lowest BCUT2D eigenvalue weighted by Crippen LogP contribution is -2.33. The maximum Gasteiger partial charge on any atom is 0.338 e. The van der Waals surface area contributed by atoms with Crippen LogP contribution < -0.4 is 9.47 Å². The predicted molar refractivity (Wildman–Crippen MR) is 111 cm³/mol. The van der Waals surface area contributed by atoms with Gasteiger partial charge in [0.15, 0.2) is 11.5 Å². The normalized spacial score (nSPS) is 19.2. The molecular weight excluding hydrogens is 400 g/mol. The summed E-state index contributed by atoms with van der Waals surface area (Å²) in [5.74, 6) is -0.323. The van der Waals surface area contributed by atoms with E-state index in [4.69, 9.17) is 23.7 Å². The molecular formula is C24H24O7. The zero-order valence-corrected chi connectivity index (χ0v) is 17.5. The number of hydrogen-bond donors (Lipinski definition) is 0. The molecule has 2 aliphatic heterocycles. The van der Waals surface area contributed by atoms with Crippen molar-refractivity contribution in [2.24, 2.45) is 5.92 Å². The van der Waals surface area contributed by atoms with Crippen molar-refractivity contribution in [2.45, 2.75) is 26.4 Å². The van der Waals surface area contributed by atoms with Gasteiger partial charge in [0.05, 0.1) is 18.8 Å². The molecule has 0 radical (unpaired) electrons. The van der Waals surface area contributed by atoms with Gasteiger partial charge in [0.25, 0.3) is 0 Å². The highest BCUT2D eigenvalue weighted by molar-refractivity contribution is 6.03. The Kier molecular flexibility index (Phi) is 6.11. The molecule has 7 heteroatoms. The highest BCUT2D eigenvalue weighted by Gasteiger charge is 2.47. The summed E-state index contributed by atoms with van der Waals surface area (Å²) in [6.07, 6.45) is -0.256. The summed E-state index contributed by atoms with van der Waals surface area (Å²) in [5, 5.41) is 0. The fourth-order valence-electron chi connectivity index (χ4n) is 3.81. The second-order valence-electron chi connectivity index (χ2n) is 7.11. The van der Waals surface area contributed by atoms with Gasteiger partial charge in [-0.25, -0.2) is 4.79 Å². The second kappa shape index (κ2) is 9.12. The van der Waals surface area contributed by atoms with Gasteiger partial charge < -0.3 is 23.7 Å². The van der Waals surface area contributed by atoms with E-state index in [1.807, 2.05) is 48.5 Å². The Morgan fingerprint density at radius 2 is 1.71 bits per heavy atom. The molecule has 162 valence electrons. The zero-order valence-electron chi connectivity index (χ0n) is 17.5. The molecule has 0 aromatic heterocycles. The summed E-state index contributed by atoms with van der Waals surface area (Å²) >= 11 is 0. The summed E-state index contributed by atoms with van der Waals surface area (Å²) in [5.41, 5.74) is 1.78. The van der Waals surface area contributed by atoms with E-state index in [0.717, 1.165) is 5.56 Å². The van der Waals surface area contributed by atoms with Crippen LogP contribution in [-0.2, 0) is 30.2 Å². The van der Waals surface area contributed by atoms with Crippen LogP contribution in [0, 0.1) is 5.92 Å². The van der Waals surface area contributed by atoms with E-state index >= 15 is 0 Å². The summed E-state index contributed by atoms with van der Waals surface area (Å²) in [4.78, 5) is 25.8. The van der Waals surface area contributed by atoms with Crippen molar-refractivity contribution < 1.29 is 33.3 Å². The van der Waals surface area contributed by atoms with Crippen molar-refractivity contribution in [2.75, 3.05) is 20.0 Å². The monoisotopic (exact) mass is 424 g/mol. The maximum atomic E-state index is 12.9. The maximum absolute atomic E-state index is 12.9. The van der Waals surface area contributed by atoms with Crippen molar-refractivity contribution >= 4 is 17.7 Å². The van der Waals surface area contributed by atoms with Crippen molar-refractivity contribution in [3.05, 3.63) is 65.2 Å². The van der Waals surface area contributed by atoms with E-state index in [9.17, 15) is 9.59 Å². The summed E-state index contributed by atoms with van der Waals surface area (Å²) in [6, 6.07) is 14.8. The van der Waals surface area contributed by atoms with Gasteiger partial charge in [-0.05, 0) is 31.5 Å². The number of benzene rings is 2. The summed E-state index contributed by atoms with van der Waals surface area (Å²) in [6.45, 7) is 4.01. The van der Waals surface area contributed by atoms with Gasteiger partial charge in [0.1, 0.15) is 17.8 Å². The van der Waals surface area contributed by atoms with Crippen LogP contribution in [0.2, 0.25) is 0 Å². The number of fused-ring (bicyclic) bond motifs is 1. The Bertz CT molecular complexity index is 996. The van der Waals surface area contributed by atoms with E-state index in [1.54, 1.807) is 13.8 Å². The minimum Gasteiger partial charge on any atom is -0.488 e. The quantitative estimate of drug-likeness (QED) is 0.629. The van der Waals surface area contributed by atoms with E-state index in [-0.39, 0.29) is 25.6 Å². The first-order chi connectivity index (χ1) is 15.1. The van der Waals surface area contributed by atoms with Gasteiger partial charge in [-0.3, -0.25) is 4.79 Å². The Morgan fingerprint density at radius 1 is 0.968 bits per heavy atom. The molecule has 2 aromatic rings. The minimum atomic E-state index is -0.903. The number of esters is 2. The van der Waals surface area contributed by atoms with Gasteiger partial charge in [-0.2, -0.15) is 0 Å². The molecule has 2 aliphatic rings. The number of carbonyl (C=O) groups is 2. The van der Waals surface area contributed by atoms with Gasteiger partial charge >= 0.3 is 11.9 Å². The van der Waals surface area contributed by atoms with Crippen LogP contribution >= 0.6 is 0 Å². The average Bonchev–Trinajstić information content (AvgIpc) is 3.39. The van der Waals surface area contributed by atoms with Gasteiger partial charge in [-0.15, -0.1) is 0 Å². The lowest BCUT2D eigenvalue weighted by Gasteiger charge is -2.20. The standard InChI is InChI=1S/C24H24O7/c1-3-27-23(25)20-19(13-15-10-11-17-18(12-15)30-14-29-17)31-22(16-8-6-5-7-9-16)21(20)24(26)28-4-2/h5-12,19-20H,3-4,13-14H2,1-2H3/t19-,20+/m0/s1. The van der Waals surface area contributed by atoms with E-state index in [1.165, 1.54) is 0 Å².